The van der Waals surface area contributed by atoms with Crippen LogP contribution in [0.1, 0.15) is 30.5 Å². The first-order chi connectivity index (χ1) is 16.7. The molecule has 0 heterocycles. The molecule has 0 unspecified atom stereocenters. The molecule has 0 fully saturated rings. The Bertz CT molecular complexity index is 1190. The van der Waals surface area contributed by atoms with Gasteiger partial charge in [0.05, 0.1) is 33.4 Å². The first-order valence-electron chi connectivity index (χ1n) is 10.8. The average Bonchev–Trinajstić information content (AvgIpc) is 2.86. The van der Waals surface area contributed by atoms with Crippen LogP contribution in [-0.4, -0.2) is 33.4 Å². The van der Waals surface area contributed by atoms with E-state index >= 15 is 0 Å². The van der Waals surface area contributed by atoms with E-state index in [4.69, 9.17) is 23.7 Å². The summed E-state index contributed by atoms with van der Waals surface area (Å²) in [4.78, 5) is 10.5. The normalized spacial score (nSPS) is 11.3. The van der Waals surface area contributed by atoms with Crippen molar-refractivity contribution in [2.24, 2.45) is 0 Å². The Hall–Kier alpha value is -4.20. The van der Waals surface area contributed by atoms with Crippen LogP contribution >= 0.6 is 0 Å². The monoisotopic (exact) mass is 479 g/mol. The number of ether oxygens (including phenoxy) is 5. The Morgan fingerprint density at radius 2 is 1.26 bits per heavy atom. The molecule has 0 aromatic heterocycles. The summed E-state index contributed by atoms with van der Waals surface area (Å²) in [5.74, 6) is 2.78. The van der Waals surface area contributed by atoms with Crippen LogP contribution in [0.2, 0.25) is 0 Å². The van der Waals surface area contributed by atoms with Crippen LogP contribution in [0.15, 0.2) is 54.6 Å². The van der Waals surface area contributed by atoms with E-state index < -0.39 is 10.5 Å². The molecule has 8 heteroatoms. The summed E-state index contributed by atoms with van der Waals surface area (Å²) in [6, 6.07) is 15.7. The lowest BCUT2D eigenvalue weighted by Crippen LogP contribution is -2.25. The smallest absolute Gasteiger partial charge is 0.269 e. The molecule has 0 aliphatic carbocycles. The topological polar surface area (TPSA) is 89.3 Å². The van der Waals surface area contributed by atoms with Gasteiger partial charge in [-0.1, -0.05) is 18.2 Å². The maximum Gasteiger partial charge on any atom is 0.269 e. The molecule has 0 bridgehead atoms. The Morgan fingerprint density at radius 3 is 1.77 bits per heavy atom. The number of nitro groups is 1. The Morgan fingerprint density at radius 1 is 0.714 bits per heavy atom. The number of methoxy groups -OCH3 is 4. The zero-order valence-corrected chi connectivity index (χ0v) is 20.7. The third-order valence-electron chi connectivity index (χ3n) is 5.48. The third kappa shape index (κ3) is 5.84. The predicted octanol–water partition coefficient (Wildman–Crippen LogP) is 6.11. The second kappa shape index (κ2) is 10.8. The molecule has 0 aliphatic rings. The molecule has 35 heavy (non-hydrogen) atoms. The lowest BCUT2D eigenvalue weighted by molar-refractivity contribution is -0.384. The van der Waals surface area contributed by atoms with Gasteiger partial charge < -0.3 is 23.7 Å². The van der Waals surface area contributed by atoms with E-state index in [1.807, 2.05) is 56.3 Å². The zero-order valence-electron chi connectivity index (χ0n) is 20.7. The lowest BCUT2D eigenvalue weighted by Gasteiger charge is -2.28. The van der Waals surface area contributed by atoms with Gasteiger partial charge in [0.25, 0.3) is 5.69 Å². The summed E-state index contributed by atoms with van der Waals surface area (Å²) in [5.41, 5.74) is 1.81. The van der Waals surface area contributed by atoms with E-state index in [0.717, 1.165) is 16.7 Å². The standard InChI is InChI=1S/C27H29NO7/c1-27(2,20-10-12-21(13-11-20)28(29)30)35-23-15-18(9-14-22(23)31-3)7-8-19-16-24(32-4)26(34-6)25(17-19)33-5/h7-17H,1-6H3/b8-7-. The van der Waals surface area contributed by atoms with Crippen molar-refractivity contribution in [1.82, 2.24) is 0 Å². The highest BCUT2D eigenvalue weighted by atomic mass is 16.6. The van der Waals surface area contributed by atoms with Crippen LogP contribution in [0.4, 0.5) is 5.69 Å². The molecule has 3 aromatic carbocycles. The van der Waals surface area contributed by atoms with E-state index in [9.17, 15) is 10.1 Å². The van der Waals surface area contributed by atoms with E-state index in [0.29, 0.717) is 28.7 Å². The van der Waals surface area contributed by atoms with Crippen molar-refractivity contribution >= 4 is 17.8 Å². The molecule has 0 amide bonds. The van der Waals surface area contributed by atoms with Crippen LogP contribution in [-0.2, 0) is 5.60 Å². The summed E-state index contributed by atoms with van der Waals surface area (Å²) in [6.07, 6.45) is 3.86. The van der Waals surface area contributed by atoms with Crippen molar-refractivity contribution in [2.45, 2.75) is 19.4 Å². The van der Waals surface area contributed by atoms with Crippen LogP contribution in [0.5, 0.6) is 28.7 Å². The minimum Gasteiger partial charge on any atom is -0.493 e. The molecule has 184 valence electrons. The number of nitrogens with zero attached hydrogens (tertiary/aromatic N) is 1. The quantitative estimate of drug-likeness (QED) is 0.197. The average molecular weight is 480 g/mol. The van der Waals surface area contributed by atoms with Crippen LogP contribution < -0.4 is 23.7 Å². The number of benzene rings is 3. The fourth-order valence-electron chi connectivity index (χ4n) is 3.59. The highest BCUT2D eigenvalue weighted by molar-refractivity contribution is 5.73. The fourth-order valence-corrected chi connectivity index (χ4v) is 3.59. The van der Waals surface area contributed by atoms with Gasteiger partial charge in [-0.2, -0.15) is 0 Å². The number of rotatable bonds is 10. The lowest BCUT2D eigenvalue weighted by atomic mass is 9.97. The minimum atomic E-state index is -0.762. The molecular weight excluding hydrogens is 450 g/mol. The van der Waals surface area contributed by atoms with Crippen molar-refractivity contribution < 1.29 is 28.6 Å². The summed E-state index contributed by atoms with van der Waals surface area (Å²) < 4.78 is 28.0. The van der Waals surface area contributed by atoms with Gasteiger partial charge in [0, 0.05) is 12.1 Å². The largest absolute Gasteiger partial charge is 0.493 e. The van der Waals surface area contributed by atoms with Gasteiger partial charge >= 0.3 is 0 Å². The van der Waals surface area contributed by atoms with Gasteiger partial charge in [0.2, 0.25) is 5.75 Å². The van der Waals surface area contributed by atoms with Crippen molar-refractivity contribution in [1.29, 1.82) is 0 Å². The van der Waals surface area contributed by atoms with Gasteiger partial charge in [0.15, 0.2) is 23.0 Å². The van der Waals surface area contributed by atoms with Gasteiger partial charge in [-0.3, -0.25) is 10.1 Å². The van der Waals surface area contributed by atoms with E-state index in [1.54, 1.807) is 40.6 Å². The van der Waals surface area contributed by atoms with Crippen molar-refractivity contribution in [2.75, 3.05) is 28.4 Å². The van der Waals surface area contributed by atoms with Crippen molar-refractivity contribution in [3.63, 3.8) is 0 Å². The molecule has 0 aliphatic heterocycles. The first kappa shape index (κ1) is 25.4. The predicted molar refractivity (Wildman–Crippen MR) is 135 cm³/mol. The van der Waals surface area contributed by atoms with E-state index in [2.05, 4.69) is 0 Å². The molecule has 8 nitrogen and oxygen atoms in total. The second-order valence-corrected chi connectivity index (χ2v) is 8.12. The maximum atomic E-state index is 11.0. The van der Waals surface area contributed by atoms with Crippen LogP contribution in [0, 0.1) is 10.1 Å². The van der Waals surface area contributed by atoms with E-state index in [-0.39, 0.29) is 5.69 Å². The molecule has 0 atom stereocenters. The Balaban J connectivity index is 1.90. The minimum absolute atomic E-state index is 0.0288. The molecule has 3 aromatic rings. The highest BCUT2D eigenvalue weighted by Crippen LogP contribution is 2.39. The van der Waals surface area contributed by atoms with Crippen LogP contribution in [0.25, 0.3) is 12.2 Å². The number of non-ortho nitro benzene ring substituents is 1. The molecule has 0 saturated heterocycles. The summed E-state index contributed by atoms with van der Waals surface area (Å²) in [7, 11) is 6.29. The molecular formula is C27H29NO7. The molecule has 0 radical (unpaired) electrons. The molecule has 0 spiro atoms. The summed E-state index contributed by atoms with van der Waals surface area (Å²) in [5, 5.41) is 11.0. The van der Waals surface area contributed by atoms with Crippen LogP contribution in [0.3, 0.4) is 0 Å². The molecule has 3 rings (SSSR count). The zero-order chi connectivity index (χ0) is 25.6. The molecule has 0 saturated carbocycles. The van der Waals surface area contributed by atoms with Crippen molar-refractivity contribution in [3.8, 4) is 28.7 Å². The number of hydrogen-bond donors (Lipinski definition) is 0. The van der Waals surface area contributed by atoms with Gasteiger partial charge in [-0.15, -0.1) is 0 Å². The summed E-state index contributed by atoms with van der Waals surface area (Å²) in [6.45, 7) is 3.79. The first-order valence-corrected chi connectivity index (χ1v) is 10.8. The maximum absolute atomic E-state index is 11.0. The Labute approximate surface area is 204 Å². The number of hydrogen-bond acceptors (Lipinski definition) is 7. The third-order valence-corrected chi connectivity index (χ3v) is 5.48. The van der Waals surface area contributed by atoms with E-state index in [1.165, 1.54) is 12.1 Å². The van der Waals surface area contributed by atoms with Gasteiger partial charge in [0.1, 0.15) is 5.60 Å². The number of nitro benzene ring substituents is 1. The SMILES string of the molecule is COc1ccc(/C=C\c2cc(OC)c(OC)c(OC)c2)cc1OC(C)(C)c1ccc([N+](=O)[O-])cc1. The Kier molecular flexibility index (Phi) is 7.86. The van der Waals surface area contributed by atoms with Crippen molar-refractivity contribution in [3.05, 3.63) is 81.4 Å². The van der Waals surface area contributed by atoms with Gasteiger partial charge in [-0.05, 0) is 66.9 Å². The fraction of sp³-hybridized carbons (Fsp3) is 0.259. The highest BCUT2D eigenvalue weighted by Gasteiger charge is 2.25. The second-order valence-electron chi connectivity index (χ2n) is 8.12. The van der Waals surface area contributed by atoms with Gasteiger partial charge in [-0.25, -0.2) is 0 Å². The summed E-state index contributed by atoms with van der Waals surface area (Å²) >= 11 is 0. The molecule has 0 N–H and O–H groups in total.